The molecule has 0 radical (unpaired) electrons. The maximum Gasteiger partial charge on any atom is 0.343 e. The molecule has 0 spiro atoms. The molecule has 158 valence electrons. The average Bonchev–Trinajstić information content (AvgIpc) is 3.12. The highest BCUT2D eigenvalue weighted by molar-refractivity contribution is 8.00. The molecule has 1 heterocycles. The molecular formula is C23H28N4O2S. The van der Waals surface area contributed by atoms with Gasteiger partial charge in [0.25, 0.3) is 0 Å². The van der Waals surface area contributed by atoms with Crippen molar-refractivity contribution in [3.8, 4) is 0 Å². The molecule has 2 atom stereocenters. The zero-order valence-corrected chi connectivity index (χ0v) is 18.2. The molecule has 3 rings (SSSR count). The number of aromatic amines is 1. The van der Waals surface area contributed by atoms with Crippen LogP contribution in [0.2, 0.25) is 0 Å². The summed E-state index contributed by atoms with van der Waals surface area (Å²) < 4.78 is 1.60. The van der Waals surface area contributed by atoms with Gasteiger partial charge in [0.2, 0.25) is 5.91 Å². The maximum absolute atomic E-state index is 12.8. The monoisotopic (exact) mass is 424 g/mol. The second-order valence-corrected chi connectivity index (χ2v) is 8.53. The second-order valence-electron chi connectivity index (χ2n) is 7.22. The van der Waals surface area contributed by atoms with Crippen molar-refractivity contribution in [2.75, 3.05) is 0 Å². The minimum atomic E-state index is -0.376. The zero-order valence-electron chi connectivity index (χ0n) is 17.4. The number of carbonyl (C=O) groups is 1. The fraction of sp³-hybridized carbons (Fsp3) is 0.348. The summed E-state index contributed by atoms with van der Waals surface area (Å²) in [4.78, 5) is 25.0. The highest BCUT2D eigenvalue weighted by Gasteiger charge is 2.22. The Morgan fingerprint density at radius 1 is 1.13 bits per heavy atom. The number of aryl methyl sites for hydroxylation is 1. The Hall–Kier alpha value is -2.80. The zero-order chi connectivity index (χ0) is 21.3. The van der Waals surface area contributed by atoms with Gasteiger partial charge < -0.3 is 5.32 Å². The van der Waals surface area contributed by atoms with Crippen LogP contribution in [0.3, 0.4) is 0 Å². The van der Waals surface area contributed by atoms with Crippen molar-refractivity contribution in [3.05, 3.63) is 82.3 Å². The van der Waals surface area contributed by atoms with Crippen LogP contribution >= 0.6 is 11.8 Å². The van der Waals surface area contributed by atoms with Crippen LogP contribution in [-0.4, -0.2) is 25.9 Å². The van der Waals surface area contributed by atoms with Crippen LogP contribution in [0.4, 0.5) is 0 Å². The van der Waals surface area contributed by atoms with Crippen molar-refractivity contribution in [2.45, 2.75) is 56.1 Å². The van der Waals surface area contributed by atoms with Crippen molar-refractivity contribution in [1.82, 2.24) is 20.1 Å². The molecule has 3 aromatic rings. The highest BCUT2D eigenvalue weighted by Crippen LogP contribution is 2.23. The maximum atomic E-state index is 12.8. The second kappa shape index (κ2) is 10.8. The predicted molar refractivity (Wildman–Crippen MR) is 121 cm³/mol. The van der Waals surface area contributed by atoms with Gasteiger partial charge in [0.1, 0.15) is 0 Å². The van der Waals surface area contributed by atoms with E-state index in [0.717, 1.165) is 30.4 Å². The number of benzene rings is 2. The number of nitrogens with zero attached hydrogens (tertiary/aromatic N) is 2. The molecular weight excluding hydrogens is 396 g/mol. The summed E-state index contributed by atoms with van der Waals surface area (Å²) in [5.41, 5.74) is 2.00. The Labute approximate surface area is 181 Å². The molecule has 7 heteroatoms. The Morgan fingerprint density at radius 2 is 1.80 bits per heavy atom. The standard InChI is InChI=1S/C23H28N4O2S/c1-3-10-20(19-13-8-5-9-14-19)24-21(28)17(2)30-23-26-25-22(29)27(23)16-15-18-11-6-4-7-12-18/h4-9,11-14,17,20H,3,10,15-16H2,1-2H3,(H,24,28)(H,25,29). The third kappa shape index (κ3) is 5.86. The summed E-state index contributed by atoms with van der Waals surface area (Å²) in [6.07, 6.45) is 2.57. The molecule has 6 nitrogen and oxygen atoms in total. The van der Waals surface area contributed by atoms with E-state index in [1.54, 1.807) is 4.57 Å². The van der Waals surface area contributed by atoms with Gasteiger partial charge in [-0.05, 0) is 30.9 Å². The number of aromatic nitrogens is 3. The highest BCUT2D eigenvalue weighted by atomic mass is 32.2. The first-order valence-electron chi connectivity index (χ1n) is 10.3. The number of rotatable bonds is 10. The molecule has 1 aromatic heterocycles. The van der Waals surface area contributed by atoms with Gasteiger partial charge in [-0.25, -0.2) is 9.89 Å². The van der Waals surface area contributed by atoms with Gasteiger partial charge in [-0.2, -0.15) is 0 Å². The van der Waals surface area contributed by atoms with Crippen molar-refractivity contribution in [2.24, 2.45) is 0 Å². The topological polar surface area (TPSA) is 79.8 Å². The van der Waals surface area contributed by atoms with Crippen molar-refractivity contribution in [1.29, 1.82) is 0 Å². The lowest BCUT2D eigenvalue weighted by molar-refractivity contribution is -0.121. The van der Waals surface area contributed by atoms with Crippen LogP contribution in [0.15, 0.2) is 70.6 Å². The lowest BCUT2D eigenvalue weighted by Crippen LogP contribution is -2.34. The Kier molecular flexibility index (Phi) is 7.90. The van der Waals surface area contributed by atoms with Crippen LogP contribution in [0.5, 0.6) is 0 Å². The molecule has 0 aliphatic rings. The third-order valence-corrected chi connectivity index (χ3v) is 6.03. The smallest absolute Gasteiger partial charge is 0.343 e. The summed E-state index contributed by atoms with van der Waals surface area (Å²) in [7, 11) is 0. The van der Waals surface area contributed by atoms with E-state index in [0.29, 0.717) is 11.7 Å². The minimum absolute atomic E-state index is 0.0220. The van der Waals surface area contributed by atoms with E-state index in [1.807, 2.05) is 67.6 Å². The van der Waals surface area contributed by atoms with E-state index in [2.05, 4.69) is 22.4 Å². The first-order chi connectivity index (χ1) is 14.6. The van der Waals surface area contributed by atoms with Crippen LogP contribution in [0.25, 0.3) is 0 Å². The molecule has 0 saturated carbocycles. The van der Waals surface area contributed by atoms with Crippen molar-refractivity contribution in [3.63, 3.8) is 0 Å². The SMILES string of the molecule is CCCC(NC(=O)C(C)Sc1n[nH]c(=O)n1CCc1ccccc1)c1ccccc1. The summed E-state index contributed by atoms with van der Waals surface area (Å²) in [6, 6.07) is 20.0. The molecule has 0 aliphatic heterocycles. The lowest BCUT2D eigenvalue weighted by atomic mass is 10.0. The van der Waals surface area contributed by atoms with Crippen LogP contribution < -0.4 is 11.0 Å². The van der Waals surface area contributed by atoms with E-state index >= 15 is 0 Å². The van der Waals surface area contributed by atoms with E-state index in [4.69, 9.17) is 0 Å². The number of H-pyrrole nitrogens is 1. The molecule has 2 N–H and O–H groups in total. The van der Waals surface area contributed by atoms with Crippen molar-refractivity contribution >= 4 is 17.7 Å². The minimum Gasteiger partial charge on any atom is -0.348 e. The van der Waals surface area contributed by atoms with Crippen molar-refractivity contribution < 1.29 is 4.79 Å². The molecule has 2 unspecified atom stereocenters. The molecule has 1 amide bonds. The largest absolute Gasteiger partial charge is 0.348 e. The van der Waals surface area contributed by atoms with E-state index < -0.39 is 0 Å². The molecule has 0 aliphatic carbocycles. The number of carbonyl (C=O) groups excluding carboxylic acids is 1. The first-order valence-corrected chi connectivity index (χ1v) is 11.2. The summed E-state index contributed by atoms with van der Waals surface area (Å²) >= 11 is 1.30. The summed E-state index contributed by atoms with van der Waals surface area (Å²) in [5, 5.41) is 9.95. The number of thioether (sulfide) groups is 1. The normalized spacial score (nSPS) is 13.0. The number of amides is 1. The summed E-state index contributed by atoms with van der Waals surface area (Å²) in [6.45, 7) is 4.46. The van der Waals surface area contributed by atoms with Gasteiger partial charge in [0.15, 0.2) is 5.16 Å². The molecule has 30 heavy (non-hydrogen) atoms. The Bertz CT molecular complexity index is 985. The fourth-order valence-corrected chi connectivity index (χ4v) is 4.16. The van der Waals surface area contributed by atoms with Gasteiger partial charge in [-0.15, -0.1) is 5.10 Å². The van der Waals surface area contributed by atoms with Gasteiger partial charge in [0, 0.05) is 6.54 Å². The van der Waals surface area contributed by atoms with Gasteiger partial charge >= 0.3 is 5.69 Å². The van der Waals surface area contributed by atoms with Crippen LogP contribution in [0.1, 0.15) is 43.9 Å². The quantitative estimate of drug-likeness (QED) is 0.483. The van der Waals surface area contributed by atoms with E-state index in [1.165, 1.54) is 11.8 Å². The number of hydrogen-bond donors (Lipinski definition) is 2. The van der Waals surface area contributed by atoms with E-state index in [-0.39, 0.29) is 22.9 Å². The van der Waals surface area contributed by atoms with Gasteiger partial charge in [-0.3, -0.25) is 9.36 Å². The lowest BCUT2D eigenvalue weighted by Gasteiger charge is -2.21. The molecule has 0 fully saturated rings. The molecule has 2 aromatic carbocycles. The number of nitrogens with one attached hydrogen (secondary N) is 2. The van der Waals surface area contributed by atoms with E-state index in [9.17, 15) is 9.59 Å². The van der Waals surface area contributed by atoms with Crippen LogP contribution in [-0.2, 0) is 17.8 Å². The first kappa shape index (κ1) is 21.9. The third-order valence-electron chi connectivity index (χ3n) is 4.94. The predicted octanol–water partition coefficient (Wildman–Crippen LogP) is 3.95. The van der Waals surface area contributed by atoms with Gasteiger partial charge in [-0.1, -0.05) is 85.8 Å². The Balaban J connectivity index is 1.64. The molecule has 0 saturated heterocycles. The van der Waals surface area contributed by atoms with Crippen LogP contribution in [0, 0.1) is 0 Å². The van der Waals surface area contributed by atoms with Gasteiger partial charge in [0.05, 0.1) is 11.3 Å². The Morgan fingerprint density at radius 3 is 2.47 bits per heavy atom. The fourth-order valence-electron chi connectivity index (χ4n) is 3.27. The number of hydrogen-bond acceptors (Lipinski definition) is 4. The average molecular weight is 425 g/mol. The summed E-state index contributed by atoms with van der Waals surface area (Å²) in [5.74, 6) is -0.0626. The molecule has 0 bridgehead atoms.